The third-order valence-corrected chi connectivity index (χ3v) is 12.7. The summed E-state index contributed by atoms with van der Waals surface area (Å²) >= 11 is 0. The van der Waals surface area contributed by atoms with E-state index < -0.39 is 0 Å². The second-order valence-electron chi connectivity index (χ2n) is 15.9. The molecule has 1 aliphatic rings. The Bertz CT molecular complexity index is 3380. The van der Waals surface area contributed by atoms with Gasteiger partial charge in [0.2, 0.25) is 0 Å². The molecule has 1 heterocycles. The fraction of sp³-hybridized carbons (Fsp3) is 0.0545. The van der Waals surface area contributed by atoms with Crippen molar-refractivity contribution in [2.75, 3.05) is 0 Å². The van der Waals surface area contributed by atoms with E-state index in [1.54, 1.807) is 0 Å². The molecule has 1 nitrogen and oxygen atoms in total. The van der Waals surface area contributed by atoms with Gasteiger partial charge in [-0.2, -0.15) is 0 Å². The highest BCUT2D eigenvalue weighted by Crippen LogP contribution is 2.55. The van der Waals surface area contributed by atoms with Gasteiger partial charge in [0.1, 0.15) is 11.2 Å². The van der Waals surface area contributed by atoms with Crippen LogP contribution >= 0.6 is 0 Å². The van der Waals surface area contributed by atoms with Gasteiger partial charge in [0.25, 0.3) is 0 Å². The minimum absolute atomic E-state index is 0.207. The summed E-state index contributed by atoms with van der Waals surface area (Å²) in [5.41, 5.74) is 14.4. The van der Waals surface area contributed by atoms with Crippen molar-refractivity contribution in [3.05, 3.63) is 193 Å². The van der Waals surface area contributed by atoms with Crippen LogP contribution in [-0.4, -0.2) is 0 Å². The molecular formula is C55H36O. The van der Waals surface area contributed by atoms with Crippen LogP contribution in [0.3, 0.4) is 0 Å². The number of rotatable bonds is 3. The first-order chi connectivity index (χ1) is 27.6. The fourth-order valence-electron chi connectivity index (χ4n) is 10.1. The first-order valence-corrected chi connectivity index (χ1v) is 19.6. The molecule has 56 heavy (non-hydrogen) atoms. The molecule has 0 saturated heterocycles. The third kappa shape index (κ3) is 4.26. The van der Waals surface area contributed by atoms with Crippen LogP contribution in [0.2, 0.25) is 0 Å². The van der Waals surface area contributed by atoms with E-state index in [2.05, 4.69) is 196 Å². The number of hydrogen-bond donors (Lipinski definition) is 0. The Morgan fingerprint density at radius 1 is 0.321 bits per heavy atom. The lowest BCUT2D eigenvalue weighted by molar-refractivity contribution is 0.654. The molecule has 0 saturated carbocycles. The molecule has 10 aromatic carbocycles. The Kier molecular flexibility index (Phi) is 6.46. The summed E-state index contributed by atoms with van der Waals surface area (Å²) in [5, 5.41) is 12.3. The van der Waals surface area contributed by atoms with E-state index in [9.17, 15) is 0 Å². The van der Waals surface area contributed by atoms with Crippen LogP contribution in [0.25, 0.3) is 110 Å². The van der Waals surface area contributed by atoms with E-state index in [4.69, 9.17) is 4.42 Å². The molecular weight excluding hydrogens is 677 g/mol. The monoisotopic (exact) mass is 712 g/mol. The highest BCUT2D eigenvalue weighted by molar-refractivity contribution is 6.24. The fourth-order valence-corrected chi connectivity index (χ4v) is 10.1. The Hall–Kier alpha value is -6.96. The quantitative estimate of drug-likeness (QED) is 0.166. The lowest BCUT2D eigenvalue weighted by Gasteiger charge is -2.23. The van der Waals surface area contributed by atoms with Gasteiger partial charge >= 0.3 is 0 Å². The van der Waals surface area contributed by atoms with Gasteiger partial charge < -0.3 is 4.42 Å². The predicted molar refractivity (Wildman–Crippen MR) is 238 cm³/mol. The molecule has 0 aliphatic heterocycles. The highest BCUT2D eigenvalue weighted by atomic mass is 16.3. The van der Waals surface area contributed by atoms with Gasteiger partial charge in [0.15, 0.2) is 0 Å². The predicted octanol–water partition coefficient (Wildman–Crippen LogP) is 15.5. The van der Waals surface area contributed by atoms with E-state index >= 15 is 0 Å². The molecule has 1 heteroatoms. The van der Waals surface area contributed by atoms with Crippen molar-refractivity contribution >= 4 is 65.0 Å². The van der Waals surface area contributed by atoms with Crippen LogP contribution in [0.4, 0.5) is 0 Å². The summed E-state index contributed by atoms with van der Waals surface area (Å²) in [6.07, 6.45) is 0. The highest BCUT2D eigenvalue weighted by Gasteiger charge is 2.38. The van der Waals surface area contributed by atoms with Crippen molar-refractivity contribution in [2.45, 2.75) is 19.3 Å². The maximum absolute atomic E-state index is 6.91. The molecule has 12 rings (SSSR count). The molecule has 0 radical (unpaired) electrons. The number of benzene rings is 10. The molecule has 0 bridgehead atoms. The summed E-state index contributed by atoms with van der Waals surface area (Å²) in [6, 6.07) is 67.1. The third-order valence-electron chi connectivity index (χ3n) is 12.7. The minimum atomic E-state index is -0.207. The molecule has 0 N–H and O–H groups in total. The van der Waals surface area contributed by atoms with Crippen molar-refractivity contribution in [3.8, 4) is 44.5 Å². The van der Waals surface area contributed by atoms with Gasteiger partial charge in [-0.15, -0.1) is 0 Å². The van der Waals surface area contributed by atoms with Crippen LogP contribution in [-0.2, 0) is 5.41 Å². The Labute approximate surface area is 325 Å². The summed E-state index contributed by atoms with van der Waals surface area (Å²) < 4.78 is 6.91. The van der Waals surface area contributed by atoms with Crippen LogP contribution in [0.5, 0.6) is 0 Å². The summed E-state index contributed by atoms with van der Waals surface area (Å²) in [5.74, 6) is 0. The normalized spacial score (nSPS) is 13.3. The summed E-state index contributed by atoms with van der Waals surface area (Å²) in [6.45, 7) is 4.74. The van der Waals surface area contributed by atoms with Crippen molar-refractivity contribution in [1.82, 2.24) is 0 Å². The molecule has 262 valence electrons. The number of hydrogen-bond acceptors (Lipinski definition) is 1. The molecule has 11 aromatic rings. The second-order valence-corrected chi connectivity index (χ2v) is 15.9. The zero-order valence-electron chi connectivity index (χ0n) is 31.2. The van der Waals surface area contributed by atoms with Crippen molar-refractivity contribution in [3.63, 3.8) is 0 Å². The van der Waals surface area contributed by atoms with E-state index in [1.165, 1.54) is 104 Å². The smallest absolute Gasteiger partial charge is 0.143 e. The van der Waals surface area contributed by atoms with Gasteiger partial charge in [-0.05, 0) is 99.9 Å². The minimum Gasteiger partial charge on any atom is -0.455 e. The Morgan fingerprint density at radius 2 is 0.857 bits per heavy atom. The standard InChI is InChI=1S/C55H36O/c1-55(2)48-31-30-46-45-26-24-34-16-6-7-17-37(34)53(45)56-54(46)52(48)47-27-25-35(32-49(47)55)50-40-20-10-12-22-42(40)51(43-23-13-11-21-41(43)50)44-29-28-36(33-14-4-3-5-15-33)38-18-8-9-19-39(38)44/h3-32H,1-2H3. The van der Waals surface area contributed by atoms with Crippen molar-refractivity contribution in [1.29, 1.82) is 0 Å². The summed E-state index contributed by atoms with van der Waals surface area (Å²) in [4.78, 5) is 0. The topological polar surface area (TPSA) is 13.1 Å². The van der Waals surface area contributed by atoms with Crippen molar-refractivity contribution < 1.29 is 4.42 Å². The van der Waals surface area contributed by atoms with Gasteiger partial charge in [0, 0.05) is 27.1 Å². The van der Waals surface area contributed by atoms with E-state index in [-0.39, 0.29) is 5.41 Å². The van der Waals surface area contributed by atoms with Crippen LogP contribution < -0.4 is 0 Å². The zero-order valence-corrected chi connectivity index (χ0v) is 31.2. The molecule has 0 unspecified atom stereocenters. The Morgan fingerprint density at radius 3 is 1.57 bits per heavy atom. The van der Waals surface area contributed by atoms with Crippen LogP contribution in [0.1, 0.15) is 25.0 Å². The second kappa shape index (κ2) is 11.5. The van der Waals surface area contributed by atoms with E-state index in [0.29, 0.717) is 0 Å². The Balaban J connectivity index is 1.10. The van der Waals surface area contributed by atoms with E-state index in [1.807, 2.05) is 0 Å². The largest absolute Gasteiger partial charge is 0.455 e. The SMILES string of the molecule is CC1(C)c2cc(-c3c4ccccc4c(-c4ccc(-c5ccccc5)c5ccccc45)c4ccccc34)ccc2-c2c1ccc1c2oc2c3ccccc3ccc12. The maximum Gasteiger partial charge on any atom is 0.143 e. The van der Waals surface area contributed by atoms with Crippen LogP contribution in [0, 0.1) is 0 Å². The number of furan rings is 1. The first kappa shape index (κ1) is 31.4. The molecule has 1 aliphatic carbocycles. The van der Waals surface area contributed by atoms with Crippen LogP contribution in [0.15, 0.2) is 186 Å². The molecule has 0 amide bonds. The molecule has 0 spiro atoms. The molecule has 1 aromatic heterocycles. The van der Waals surface area contributed by atoms with Crippen molar-refractivity contribution in [2.24, 2.45) is 0 Å². The zero-order chi connectivity index (χ0) is 37.1. The average molecular weight is 713 g/mol. The maximum atomic E-state index is 6.91. The van der Waals surface area contributed by atoms with Gasteiger partial charge in [-0.1, -0.05) is 184 Å². The van der Waals surface area contributed by atoms with Gasteiger partial charge in [-0.3, -0.25) is 0 Å². The van der Waals surface area contributed by atoms with Gasteiger partial charge in [-0.25, -0.2) is 0 Å². The lowest BCUT2D eigenvalue weighted by atomic mass is 9.80. The molecule has 0 fully saturated rings. The lowest BCUT2D eigenvalue weighted by Crippen LogP contribution is -2.15. The van der Waals surface area contributed by atoms with Gasteiger partial charge in [0.05, 0.1) is 0 Å². The first-order valence-electron chi connectivity index (χ1n) is 19.6. The van der Waals surface area contributed by atoms with E-state index in [0.717, 1.165) is 16.6 Å². The molecule has 0 atom stereocenters. The summed E-state index contributed by atoms with van der Waals surface area (Å²) in [7, 11) is 0. The number of fused-ring (bicyclic) bond motifs is 12. The average Bonchev–Trinajstić information content (AvgIpc) is 3.75.